The summed E-state index contributed by atoms with van der Waals surface area (Å²) < 4.78 is 6.65. The van der Waals surface area contributed by atoms with Crippen molar-refractivity contribution in [1.82, 2.24) is 9.55 Å². The first-order valence-electron chi connectivity index (χ1n) is 7.88. The molecule has 0 aliphatic carbocycles. The Morgan fingerprint density at radius 3 is 2.68 bits per heavy atom. The summed E-state index contributed by atoms with van der Waals surface area (Å²) in [5.41, 5.74) is 1.25. The second kappa shape index (κ2) is 7.16. The van der Waals surface area contributed by atoms with Crippen molar-refractivity contribution in [3.8, 4) is 0 Å². The minimum Gasteiger partial charge on any atom is -0.383 e. The number of aromatic nitrogens is 2. The van der Waals surface area contributed by atoms with Crippen LogP contribution in [-0.4, -0.2) is 29.2 Å². The van der Waals surface area contributed by atoms with Gasteiger partial charge in [0.05, 0.1) is 23.4 Å². The average Bonchev–Trinajstić information content (AvgIpc) is 2.92. The fraction of sp³-hybridized carbons (Fsp3) is 0.278. The number of hydrogen-bond acceptors (Lipinski definition) is 5. The lowest BCUT2D eigenvalue weighted by Crippen LogP contribution is -2.25. The van der Waals surface area contributed by atoms with E-state index in [1.807, 2.05) is 30.3 Å². The number of nitrogens with one attached hydrogen (secondary N) is 1. The lowest BCUT2D eigenvalue weighted by atomic mass is 10.2. The van der Waals surface area contributed by atoms with Crippen molar-refractivity contribution in [2.24, 2.45) is 0 Å². The third-order valence-corrected chi connectivity index (χ3v) is 5.18. The average molecular weight is 357 g/mol. The van der Waals surface area contributed by atoms with Crippen molar-refractivity contribution in [2.45, 2.75) is 20.4 Å². The topological polar surface area (TPSA) is 73.2 Å². The van der Waals surface area contributed by atoms with E-state index >= 15 is 0 Å². The Labute approximate surface area is 149 Å². The monoisotopic (exact) mass is 357 g/mol. The summed E-state index contributed by atoms with van der Waals surface area (Å²) in [6, 6.07) is 9.23. The maximum atomic E-state index is 12.8. The van der Waals surface area contributed by atoms with Crippen LogP contribution in [0.5, 0.6) is 0 Å². The van der Waals surface area contributed by atoms with E-state index in [0.717, 1.165) is 0 Å². The Hall–Kier alpha value is -2.51. The van der Waals surface area contributed by atoms with E-state index in [1.54, 1.807) is 25.5 Å². The zero-order chi connectivity index (χ0) is 18.0. The standard InChI is InChI=1S/C18H19N3O3S/c1-11-14-17(19-12(2)21(18(14)23)9-10-24-3)25-15(11)16(22)20-13-7-5-4-6-8-13/h4-8H,9-10H2,1-3H3,(H,20,22). The summed E-state index contributed by atoms with van der Waals surface area (Å²) in [6.45, 7) is 4.44. The highest BCUT2D eigenvalue weighted by Crippen LogP contribution is 2.28. The smallest absolute Gasteiger partial charge is 0.266 e. The quantitative estimate of drug-likeness (QED) is 0.762. The molecule has 0 radical (unpaired) electrons. The van der Waals surface area contributed by atoms with Crippen molar-refractivity contribution < 1.29 is 9.53 Å². The van der Waals surface area contributed by atoms with E-state index in [4.69, 9.17) is 4.74 Å². The van der Waals surface area contributed by atoms with E-state index in [-0.39, 0.29) is 11.5 Å². The van der Waals surface area contributed by atoms with Crippen LogP contribution in [0.2, 0.25) is 0 Å². The van der Waals surface area contributed by atoms with Gasteiger partial charge in [0, 0.05) is 12.8 Å². The molecule has 1 N–H and O–H groups in total. The van der Waals surface area contributed by atoms with Crippen LogP contribution in [0.4, 0.5) is 5.69 Å². The Bertz CT molecular complexity index is 977. The van der Waals surface area contributed by atoms with Crippen molar-refractivity contribution >= 4 is 33.1 Å². The van der Waals surface area contributed by atoms with Gasteiger partial charge in [-0.25, -0.2) is 4.98 Å². The van der Waals surface area contributed by atoms with Gasteiger partial charge in [-0.05, 0) is 31.5 Å². The highest BCUT2D eigenvalue weighted by Gasteiger charge is 2.20. The number of para-hydroxylation sites is 1. The predicted octanol–water partition coefficient (Wildman–Crippen LogP) is 2.97. The number of fused-ring (bicyclic) bond motifs is 1. The third-order valence-electron chi connectivity index (χ3n) is 4.00. The Balaban J connectivity index is 2.03. The SMILES string of the molecule is COCCn1c(C)nc2sc(C(=O)Nc3ccccc3)c(C)c2c1=O. The van der Waals surface area contributed by atoms with E-state index in [1.165, 1.54) is 11.3 Å². The van der Waals surface area contributed by atoms with Gasteiger partial charge in [-0.1, -0.05) is 18.2 Å². The normalized spacial score (nSPS) is 11.0. The Morgan fingerprint density at radius 1 is 1.28 bits per heavy atom. The van der Waals surface area contributed by atoms with Crippen molar-refractivity contribution in [2.75, 3.05) is 19.0 Å². The van der Waals surface area contributed by atoms with Gasteiger partial charge in [-0.3, -0.25) is 14.2 Å². The number of amides is 1. The lowest BCUT2D eigenvalue weighted by Gasteiger charge is -2.08. The van der Waals surface area contributed by atoms with Gasteiger partial charge in [0.1, 0.15) is 10.7 Å². The van der Waals surface area contributed by atoms with Crippen LogP contribution < -0.4 is 10.9 Å². The highest BCUT2D eigenvalue weighted by atomic mass is 32.1. The number of hydrogen-bond donors (Lipinski definition) is 1. The van der Waals surface area contributed by atoms with Crippen LogP contribution in [0.25, 0.3) is 10.2 Å². The number of methoxy groups -OCH3 is 1. The molecule has 1 amide bonds. The molecule has 3 aromatic rings. The van der Waals surface area contributed by atoms with Gasteiger partial charge in [0.15, 0.2) is 0 Å². The van der Waals surface area contributed by atoms with Crippen LogP contribution in [0, 0.1) is 13.8 Å². The zero-order valence-corrected chi connectivity index (χ0v) is 15.1. The fourth-order valence-corrected chi connectivity index (χ4v) is 3.80. The number of nitrogens with zero attached hydrogens (tertiary/aromatic N) is 2. The van der Waals surface area contributed by atoms with E-state index in [2.05, 4.69) is 10.3 Å². The Morgan fingerprint density at radius 2 is 2.00 bits per heavy atom. The molecule has 6 nitrogen and oxygen atoms in total. The number of benzene rings is 1. The first kappa shape index (κ1) is 17.3. The predicted molar refractivity (Wildman–Crippen MR) is 99.6 cm³/mol. The van der Waals surface area contributed by atoms with Gasteiger partial charge in [0.2, 0.25) is 0 Å². The molecule has 0 saturated heterocycles. The van der Waals surface area contributed by atoms with Crippen molar-refractivity contribution in [3.05, 3.63) is 57.0 Å². The van der Waals surface area contributed by atoms with Crippen LogP contribution in [0.1, 0.15) is 21.1 Å². The van der Waals surface area contributed by atoms with Crippen LogP contribution in [0.15, 0.2) is 35.1 Å². The minimum atomic E-state index is -0.229. The van der Waals surface area contributed by atoms with Crippen molar-refractivity contribution in [3.63, 3.8) is 0 Å². The maximum Gasteiger partial charge on any atom is 0.266 e. The van der Waals surface area contributed by atoms with Gasteiger partial charge in [-0.15, -0.1) is 11.3 Å². The fourth-order valence-electron chi connectivity index (χ4n) is 2.69. The molecule has 0 fully saturated rings. The lowest BCUT2D eigenvalue weighted by molar-refractivity contribution is 0.103. The number of thiophene rings is 1. The maximum absolute atomic E-state index is 12.8. The zero-order valence-electron chi connectivity index (χ0n) is 14.3. The molecule has 25 heavy (non-hydrogen) atoms. The van der Waals surface area contributed by atoms with Gasteiger partial charge < -0.3 is 10.1 Å². The minimum absolute atomic E-state index is 0.132. The molecule has 0 bridgehead atoms. The molecule has 7 heteroatoms. The van der Waals surface area contributed by atoms with Gasteiger partial charge >= 0.3 is 0 Å². The second-order valence-electron chi connectivity index (χ2n) is 5.67. The van der Waals surface area contributed by atoms with Crippen LogP contribution in [-0.2, 0) is 11.3 Å². The van der Waals surface area contributed by atoms with E-state index < -0.39 is 0 Å². The molecule has 0 spiro atoms. The van der Waals surface area contributed by atoms with Crippen LogP contribution in [0.3, 0.4) is 0 Å². The highest BCUT2D eigenvalue weighted by molar-refractivity contribution is 7.20. The third kappa shape index (κ3) is 3.33. The van der Waals surface area contributed by atoms with Crippen molar-refractivity contribution in [1.29, 1.82) is 0 Å². The molecule has 0 aliphatic heterocycles. The molecule has 2 aromatic heterocycles. The molecule has 0 atom stereocenters. The molecular formula is C18H19N3O3S. The molecule has 0 unspecified atom stereocenters. The summed E-state index contributed by atoms with van der Waals surface area (Å²) in [6.07, 6.45) is 0. The molecular weight excluding hydrogens is 338 g/mol. The van der Waals surface area contributed by atoms with Gasteiger partial charge in [-0.2, -0.15) is 0 Å². The van der Waals surface area contributed by atoms with Crippen LogP contribution >= 0.6 is 11.3 Å². The molecule has 0 saturated carbocycles. The van der Waals surface area contributed by atoms with E-state index in [9.17, 15) is 9.59 Å². The molecule has 3 rings (SSSR count). The summed E-state index contributed by atoms with van der Waals surface area (Å²) in [7, 11) is 1.59. The Kier molecular flexibility index (Phi) is 4.96. The second-order valence-corrected chi connectivity index (χ2v) is 6.66. The number of anilines is 1. The summed E-state index contributed by atoms with van der Waals surface area (Å²) >= 11 is 1.24. The number of carbonyl (C=O) groups is 1. The summed E-state index contributed by atoms with van der Waals surface area (Å²) in [5, 5.41) is 3.36. The first-order chi connectivity index (χ1) is 12.0. The van der Waals surface area contributed by atoms with Gasteiger partial charge in [0.25, 0.3) is 11.5 Å². The largest absolute Gasteiger partial charge is 0.383 e. The first-order valence-corrected chi connectivity index (χ1v) is 8.70. The number of ether oxygens (including phenoxy) is 1. The summed E-state index contributed by atoms with van der Waals surface area (Å²) in [4.78, 5) is 31.0. The molecule has 2 heterocycles. The molecule has 1 aromatic carbocycles. The number of aryl methyl sites for hydroxylation is 2. The number of carbonyl (C=O) groups excluding carboxylic acids is 1. The number of rotatable bonds is 5. The van der Waals surface area contributed by atoms with E-state index in [0.29, 0.717) is 45.3 Å². The summed E-state index contributed by atoms with van der Waals surface area (Å²) in [5.74, 6) is 0.387. The molecule has 0 aliphatic rings. The molecule has 130 valence electrons.